The van der Waals surface area contributed by atoms with Crippen LogP contribution >= 0.6 is 0 Å². The van der Waals surface area contributed by atoms with E-state index in [9.17, 15) is 23.6 Å². The number of carboxylic acids is 1. The minimum Gasteiger partial charge on any atom is -0.480 e. The second kappa shape index (κ2) is 13.2. The highest BCUT2D eigenvalue weighted by molar-refractivity contribution is 5.90. The Kier molecular flexibility index (Phi) is 12.2. The number of carbonyl (C=O) groups excluding carboxylic acids is 3. The molecule has 26 heavy (non-hydrogen) atoms. The van der Waals surface area contributed by atoms with Crippen LogP contribution in [0.3, 0.4) is 0 Å². The number of amides is 2. The van der Waals surface area contributed by atoms with Crippen molar-refractivity contribution in [3.63, 3.8) is 0 Å². The molecule has 2 amide bonds. The first-order valence-electron chi connectivity index (χ1n) is 8.89. The number of aliphatic carboxylic acids is 1. The molecule has 0 radical (unpaired) electrons. The van der Waals surface area contributed by atoms with Crippen LogP contribution in [0.5, 0.6) is 0 Å². The highest BCUT2D eigenvalue weighted by Gasteiger charge is 2.26. The molecule has 4 N–H and O–H groups in total. The summed E-state index contributed by atoms with van der Waals surface area (Å²) >= 11 is 0. The van der Waals surface area contributed by atoms with Gasteiger partial charge in [-0.15, -0.1) is 0 Å². The molecule has 0 aliphatic carbocycles. The molecular formula is C17H30FN3O5. The van der Waals surface area contributed by atoms with Crippen LogP contribution in [0.15, 0.2) is 0 Å². The van der Waals surface area contributed by atoms with Crippen molar-refractivity contribution in [1.29, 1.82) is 0 Å². The number of hydrogen-bond donors (Lipinski definition) is 4. The van der Waals surface area contributed by atoms with Crippen LogP contribution < -0.4 is 16.0 Å². The summed E-state index contributed by atoms with van der Waals surface area (Å²) in [5.41, 5.74) is 0. The molecule has 8 nitrogen and oxygen atoms in total. The Labute approximate surface area is 153 Å². The molecule has 2 atom stereocenters. The molecule has 0 aromatic heterocycles. The molecule has 0 rings (SSSR count). The van der Waals surface area contributed by atoms with Gasteiger partial charge in [0.2, 0.25) is 5.91 Å². The molecule has 0 saturated heterocycles. The van der Waals surface area contributed by atoms with Crippen LogP contribution in [0.4, 0.5) is 4.39 Å². The number of carbonyl (C=O) groups is 4. The van der Waals surface area contributed by atoms with Crippen LogP contribution in [-0.4, -0.2) is 53.6 Å². The molecule has 150 valence electrons. The number of halogens is 1. The Bertz CT molecular complexity index is 485. The zero-order valence-corrected chi connectivity index (χ0v) is 15.6. The van der Waals surface area contributed by atoms with Gasteiger partial charge in [0.25, 0.3) is 12.2 Å². The number of hydrogen-bond acceptors (Lipinski definition) is 5. The maximum absolute atomic E-state index is 13.8. The summed E-state index contributed by atoms with van der Waals surface area (Å²) in [6, 6.07) is -0.896. The van der Waals surface area contributed by atoms with Gasteiger partial charge >= 0.3 is 5.97 Å². The SMILES string of the molecule is CCC(=O)CCC(=O)NC(F)C(=O)NC(CCCCNC(C)C)C(=O)O. The van der Waals surface area contributed by atoms with Crippen LogP contribution in [0, 0.1) is 0 Å². The lowest BCUT2D eigenvalue weighted by molar-refractivity contribution is -0.143. The van der Waals surface area contributed by atoms with E-state index in [1.165, 1.54) is 0 Å². The van der Waals surface area contributed by atoms with E-state index in [0.717, 1.165) is 13.0 Å². The highest BCUT2D eigenvalue weighted by atomic mass is 19.1. The van der Waals surface area contributed by atoms with Crippen LogP contribution in [0.25, 0.3) is 0 Å². The van der Waals surface area contributed by atoms with Crippen LogP contribution in [-0.2, 0) is 19.2 Å². The van der Waals surface area contributed by atoms with Gasteiger partial charge in [-0.3, -0.25) is 14.4 Å². The van der Waals surface area contributed by atoms with Gasteiger partial charge in [0.05, 0.1) is 0 Å². The van der Waals surface area contributed by atoms with Crippen molar-refractivity contribution in [2.75, 3.05) is 6.54 Å². The number of rotatable bonds is 14. The van der Waals surface area contributed by atoms with Crippen molar-refractivity contribution < 1.29 is 28.7 Å². The van der Waals surface area contributed by atoms with Crippen molar-refractivity contribution in [2.24, 2.45) is 0 Å². The monoisotopic (exact) mass is 375 g/mol. The van der Waals surface area contributed by atoms with Gasteiger partial charge in [-0.2, -0.15) is 0 Å². The standard InChI is InChI=1S/C17H30FN3O5/c1-4-12(22)8-9-14(23)21-15(18)16(24)20-13(17(25)26)7-5-6-10-19-11(2)3/h11,13,15,19H,4-10H2,1-3H3,(H,20,24)(H,21,23)(H,25,26). The number of carboxylic acid groups (broad SMARTS) is 1. The summed E-state index contributed by atoms with van der Waals surface area (Å²) in [6.07, 6.45) is -0.904. The maximum Gasteiger partial charge on any atom is 0.326 e. The van der Waals surface area contributed by atoms with E-state index >= 15 is 0 Å². The van der Waals surface area contributed by atoms with Crippen molar-refractivity contribution in [2.45, 2.75) is 77.7 Å². The number of ketones is 1. The lowest BCUT2D eigenvalue weighted by atomic mass is 10.1. The Morgan fingerprint density at radius 3 is 2.23 bits per heavy atom. The summed E-state index contributed by atoms with van der Waals surface area (Å²) in [5, 5.41) is 16.2. The lowest BCUT2D eigenvalue weighted by Crippen LogP contribution is -2.49. The first-order valence-corrected chi connectivity index (χ1v) is 8.89. The third kappa shape index (κ3) is 11.5. The average molecular weight is 375 g/mol. The fraction of sp³-hybridized carbons (Fsp3) is 0.765. The van der Waals surface area contributed by atoms with E-state index in [1.807, 2.05) is 19.2 Å². The normalized spacial score (nSPS) is 13.1. The van der Waals surface area contributed by atoms with Gasteiger partial charge in [0.1, 0.15) is 11.8 Å². The zero-order chi connectivity index (χ0) is 20.1. The molecule has 0 aromatic rings. The van der Waals surface area contributed by atoms with Crippen LogP contribution in [0.1, 0.15) is 59.3 Å². The summed E-state index contributed by atoms with van der Waals surface area (Å²) in [5.74, 6) is -3.39. The molecule has 0 bridgehead atoms. The molecule has 0 aromatic carbocycles. The number of nitrogens with one attached hydrogen (secondary N) is 3. The molecule has 9 heteroatoms. The van der Waals surface area contributed by atoms with Crippen molar-refractivity contribution in [3.8, 4) is 0 Å². The zero-order valence-electron chi connectivity index (χ0n) is 15.6. The Balaban J connectivity index is 4.28. The molecule has 0 aliphatic rings. The quantitative estimate of drug-likeness (QED) is 0.264. The molecular weight excluding hydrogens is 345 g/mol. The Morgan fingerprint density at radius 2 is 1.69 bits per heavy atom. The Hall–Kier alpha value is -2.03. The largest absolute Gasteiger partial charge is 0.480 e. The minimum absolute atomic E-state index is 0.0289. The van der Waals surface area contributed by atoms with Gasteiger partial charge in [-0.25, -0.2) is 9.18 Å². The molecule has 0 heterocycles. The topological polar surface area (TPSA) is 125 Å². The second-order valence-electron chi connectivity index (χ2n) is 6.33. The smallest absolute Gasteiger partial charge is 0.326 e. The number of Topliss-reactive ketones (excluding diaryl/α,β-unsaturated/α-hetero) is 1. The predicted molar refractivity (Wildman–Crippen MR) is 94.1 cm³/mol. The lowest BCUT2D eigenvalue weighted by Gasteiger charge is -2.17. The van der Waals surface area contributed by atoms with E-state index in [0.29, 0.717) is 12.5 Å². The molecule has 2 unspecified atom stereocenters. The molecule has 0 fully saturated rings. The minimum atomic E-state index is -2.36. The fourth-order valence-corrected chi connectivity index (χ4v) is 2.08. The first kappa shape index (κ1) is 24.0. The highest BCUT2D eigenvalue weighted by Crippen LogP contribution is 2.03. The Morgan fingerprint density at radius 1 is 1.04 bits per heavy atom. The predicted octanol–water partition coefficient (Wildman–Crippen LogP) is 0.895. The third-order valence-corrected chi connectivity index (χ3v) is 3.63. The van der Waals surface area contributed by atoms with E-state index in [1.54, 1.807) is 6.92 Å². The summed E-state index contributed by atoms with van der Waals surface area (Å²) < 4.78 is 13.8. The van der Waals surface area contributed by atoms with E-state index in [4.69, 9.17) is 5.11 Å². The van der Waals surface area contributed by atoms with Gasteiger partial charge in [0.15, 0.2) is 0 Å². The van der Waals surface area contributed by atoms with Crippen LogP contribution in [0.2, 0.25) is 0 Å². The van der Waals surface area contributed by atoms with E-state index in [-0.39, 0.29) is 31.5 Å². The van der Waals surface area contributed by atoms with Crippen molar-refractivity contribution in [3.05, 3.63) is 0 Å². The number of unbranched alkanes of at least 4 members (excludes halogenated alkanes) is 1. The maximum atomic E-state index is 13.8. The van der Waals surface area contributed by atoms with E-state index in [2.05, 4.69) is 10.6 Å². The fourth-order valence-electron chi connectivity index (χ4n) is 2.08. The van der Waals surface area contributed by atoms with Gasteiger partial charge in [0, 0.05) is 25.3 Å². The summed E-state index contributed by atoms with van der Waals surface area (Å²) in [7, 11) is 0. The van der Waals surface area contributed by atoms with E-state index < -0.39 is 30.1 Å². The van der Waals surface area contributed by atoms with Gasteiger partial charge in [-0.05, 0) is 25.8 Å². The third-order valence-electron chi connectivity index (χ3n) is 3.63. The first-order chi connectivity index (χ1) is 12.2. The number of alkyl halides is 1. The van der Waals surface area contributed by atoms with Gasteiger partial charge < -0.3 is 21.1 Å². The van der Waals surface area contributed by atoms with Gasteiger partial charge in [-0.1, -0.05) is 20.8 Å². The summed E-state index contributed by atoms with van der Waals surface area (Å²) in [6.45, 7) is 6.36. The average Bonchev–Trinajstić information content (AvgIpc) is 2.57. The molecule has 0 aliphatic heterocycles. The second-order valence-corrected chi connectivity index (χ2v) is 6.33. The summed E-state index contributed by atoms with van der Waals surface area (Å²) in [4.78, 5) is 45.5. The van der Waals surface area contributed by atoms with Crippen molar-refractivity contribution >= 4 is 23.6 Å². The molecule has 0 saturated carbocycles. The van der Waals surface area contributed by atoms with Crippen molar-refractivity contribution in [1.82, 2.24) is 16.0 Å². The molecule has 0 spiro atoms.